The molecule has 0 aliphatic rings. The molecule has 10 heteroatoms. The van der Waals surface area contributed by atoms with Crippen LogP contribution in [0.15, 0.2) is 40.3 Å². The first-order chi connectivity index (χ1) is 13.3. The normalized spacial score (nSPS) is 11.0. The van der Waals surface area contributed by atoms with Crippen LogP contribution in [0.2, 0.25) is 0 Å². The molecule has 3 rings (SSSR count). The van der Waals surface area contributed by atoms with Crippen molar-refractivity contribution in [3.05, 3.63) is 46.4 Å². The number of rotatable bonds is 6. The van der Waals surface area contributed by atoms with Crippen molar-refractivity contribution in [2.45, 2.75) is 31.8 Å². The van der Waals surface area contributed by atoms with Crippen molar-refractivity contribution in [2.75, 3.05) is 16.4 Å². The Bertz CT molecular complexity index is 1070. The molecule has 0 saturated carbocycles. The molecule has 0 aliphatic heterocycles. The van der Waals surface area contributed by atoms with Gasteiger partial charge in [-0.25, -0.2) is 0 Å². The molecule has 3 aromatic rings. The zero-order valence-electron chi connectivity index (χ0n) is 15.6. The third kappa shape index (κ3) is 4.58. The fourth-order valence-electron chi connectivity index (χ4n) is 2.61. The summed E-state index contributed by atoms with van der Waals surface area (Å²) in [4.78, 5) is 37.7. The molecule has 0 radical (unpaired) electrons. The molecule has 3 N–H and O–H groups in total. The van der Waals surface area contributed by atoms with Gasteiger partial charge < -0.3 is 10.6 Å². The first kappa shape index (κ1) is 19.6. The van der Waals surface area contributed by atoms with Gasteiger partial charge in [0.1, 0.15) is 0 Å². The van der Waals surface area contributed by atoms with Crippen molar-refractivity contribution in [1.29, 1.82) is 0 Å². The first-order valence-corrected chi connectivity index (χ1v) is 9.60. The molecule has 28 heavy (non-hydrogen) atoms. The van der Waals surface area contributed by atoms with E-state index in [4.69, 9.17) is 0 Å². The van der Waals surface area contributed by atoms with Gasteiger partial charge in [-0.05, 0) is 30.2 Å². The average molecular weight is 400 g/mol. The fourth-order valence-corrected chi connectivity index (χ4v) is 3.37. The molecule has 0 saturated heterocycles. The van der Waals surface area contributed by atoms with E-state index in [1.165, 1.54) is 24.8 Å². The number of H-pyrrole nitrogens is 1. The van der Waals surface area contributed by atoms with Crippen LogP contribution in [-0.2, 0) is 9.59 Å². The third-order valence-electron chi connectivity index (χ3n) is 3.82. The summed E-state index contributed by atoms with van der Waals surface area (Å²) in [7, 11) is 0. The summed E-state index contributed by atoms with van der Waals surface area (Å²) in [6.45, 7) is 5.38. The molecule has 0 unspecified atom stereocenters. The molecule has 0 atom stereocenters. The molecular weight excluding hydrogens is 380 g/mol. The summed E-state index contributed by atoms with van der Waals surface area (Å²) in [5.74, 6) is 0.217. The molecular formula is C18H20N6O3S. The molecule has 0 bridgehead atoms. The van der Waals surface area contributed by atoms with E-state index in [1.807, 2.05) is 13.8 Å². The lowest BCUT2D eigenvalue weighted by molar-refractivity contribution is -0.114. The van der Waals surface area contributed by atoms with Crippen LogP contribution in [0.25, 0.3) is 5.78 Å². The number of hydrogen-bond acceptors (Lipinski definition) is 6. The standard InChI is InChI=1S/C18H20N6O3S/c1-10(2)14-8-15(26)21-17-22-23-18(24(14)17)28-9-16(27)20-13-6-4-12(5-7-13)19-11(3)25/h4-8,10H,9H2,1-3H3,(H,19,25)(H,20,27)(H,21,22,26). The Morgan fingerprint density at radius 3 is 2.39 bits per heavy atom. The van der Waals surface area contributed by atoms with Gasteiger partial charge in [-0.2, -0.15) is 0 Å². The van der Waals surface area contributed by atoms with Crippen LogP contribution in [0.3, 0.4) is 0 Å². The summed E-state index contributed by atoms with van der Waals surface area (Å²) in [6, 6.07) is 8.36. The molecule has 1 aromatic carbocycles. The molecule has 2 amide bonds. The number of amides is 2. The van der Waals surface area contributed by atoms with Crippen LogP contribution in [-0.4, -0.2) is 37.1 Å². The summed E-state index contributed by atoms with van der Waals surface area (Å²) in [6.07, 6.45) is 0. The van der Waals surface area contributed by atoms with Crippen molar-refractivity contribution >= 4 is 40.7 Å². The lowest BCUT2D eigenvalue weighted by atomic mass is 10.1. The predicted molar refractivity (Wildman–Crippen MR) is 108 cm³/mol. The van der Waals surface area contributed by atoms with Gasteiger partial charge in [-0.3, -0.25) is 23.8 Å². The minimum absolute atomic E-state index is 0.0936. The van der Waals surface area contributed by atoms with E-state index in [1.54, 1.807) is 28.7 Å². The summed E-state index contributed by atoms with van der Waals surface area (Å²) < 4.78 is 1.76. The average Bonchev–Trinajstić information content (AvgIpc) is 3.03. The summed E-state index contributed by atoms with van der Waals surface area (Å²) in [5, 5.41) is 14.1. The number of thioether (sulfide) groups is 1. The SMILES string of the molecule is CC(=O)Nc1ccc(NC(=O)CSc2nnc3[nH]c(=O)cc(C(C)C)n23)cc1. The minimum atomic E-state index is -0.236. The molecule has 0 fully saturated rings. The summed E-state index contributed by atoms with van der Waals surface area (Å²) >= 11 is 1.23. The van der Waals surface area contributed by atoms with Crippen molar-refractivity contribution < 1.29 is 9.59 Å². The highest BCUT2D eigenvalue weighted by atomic mass is 32.2. The number of aromatic nitrogens is 4. The number of hydrogen-bond donors (Lipinski definition) is 3. The highest BCUT2D eigenvalue weighted by molar-refractivity contribution is 7.99. The van der Waals surface area contributed by atoms with Crippen LogP contribution in [0.1, 0.15) is 32.4 Å². The predicted octanol–water partition coefficient (Wildman–Crippen LogP) is 2.23. The third-order valence-corrected chi connectivity index (χ3v) is 4.75. The topological polar surface area (TPSA) is 121 Å². The zero-order chi connectivity index (χ0) is 20.3. The molecule has 2 aromatic heterocycles. The Balaban J connectivity index is 1.68. The highest BCUT2D eigenvalue weighted by Gasteiger charge is 2.15. The van der Waals surface area contributed by atoms with Gasteiger partial charge in [-0.15, -0.1) is 10.2 Å². The van der Waals surface area contributed by atoms with Crippen LogP contribution in [0, 0.1) is 0 Å². The van der Waals surface area contributed by atoms with E-state index >= 15 is 0 Å². The van der Waals surface area contributed by atoms with Crippen molar-refractivity contribution in [3.8, 4) is 0 Å². The van der Waals surface area contributed by atoms with E-state index in [9.17, 15) is 14.4 Å². The molecule has 146 valence electrons. The number of nitrogens with zero attached hydrogens (tertiary/aromatic N) is 3. The molecule has 2 heterocycles. The highest BCUT2D eigenvalue weighted by Crippen LogP contribution is 2.22. The first-order valence-electron chi connectivity index (χ1n) is 8.62. The van der Waals surface area contributed by atoms with Crippen LogP contribution in [0.4, 0.5) is 11.4 Å². The molecule has 0 aliphatic carbocycles. The lowest BCUT2D eigenvalue weighted by Crippen LogP contribution is -2.15. The number of aromatic amines is 1. The van der Waals surface area contributed by atoms with Crippen molar-refractivity contribution in [2.24, 2.45) is 0 Å². The second-order valence-electron chi connectivity index (χ2n) is 6.45. The number of nitrogens with one attached hydrogen (secondary N) is 3. The minimum Gasteiger partial charge on any atom is -0.326 e. The van der Waals surface area contributed by atoms with Gasteiger partial charge in [0.05, 0.1) is 5.75 Å². The van der Waals surface area contributed by atoms with E-state index in [-0.39, 0.29) is 29.0 Å². The lowest BCUT2D eigenvalue weighted by Gasteiger charge is -2.10. The Labute approximate surface area is 164 Å². The summed E-state index contributed by atoms with van der Waals surface area (Å²) in [5.41, 5.74) is 1.82. The second-order valence-corrected chi connectivity index (χ2v) is 7.39. The van der Waals surface area contributed by atoms with E-state index in [2.05, 4.69) is 25.8 Å². The van der Waals surface area contributed by atoms with Gasteiger partial charge >= 0.3 is 0 Å². The van der Waals surface area contributed by atoms with Crippen molar-refractivity contribution in [3.63, 3.8) is 0 Å². The van der Waals surface area contributed by atoms with Crippen LogP contribution < -0.4 is 16.2 Å². The second kappa shape index (κ2) is 8.26. The Morgan fingerprint density at radius 1 is 1.14 bits per heavy atom. The quantitative estimate of drug-likeness (QED) is 0.546. The van der Waals surface area contributed by atoms with E-state index in [0.717, 1.165) is 5.69 Å². The largest absolute Gasteiger partial charge is 0.326 e. The number of anilines is 2. The number of fused-ring (bicyclic) bond motifs is 1. The van der Waals surface area contributed by atoms with Gasteiger partial charge in [0.25, 0.3) is 5.56 Å². The zero-order valence-corrected chi connectivity index (χ0v) is 16.5. The maximum Gasteiger partial charge on any atom is 0.252 e. The van der Waals surface area contributed by atoms with E-state index in [0.29, 0.717) is 22.3 Å². The fraction of sp³-hybridized carbons (Fsp3) is 0.278. The van der Waals surface area contributed by atoms with Gasteiger partial charge in [0.2, 0.25) is 17.6 Å². The maximum absolute atomic E-state index is 12.3. The Hall–Kier alpha value is -3.14. The maximum atomic E-state index is 12.3. The van der Waals surface area contributed by atoms with Gasteiger partial charge in [-0.1, -0.05) is 25.6 Å². The van der Waals surface area contributed by atoms with Gasteiger partial charge in [0, 0.05) is 30.1 Å². The Morgan fingerprint density at radius 2 is 1.79 bits per heavy atom. The molecule has 0 spiro atoms. The smallest absolute Gasteiger partial charge is 0.252 e. The van der Waals surface area contributed by atoms with Crippen molar-refractivity contribution in [1.82, 2.24) is 19.6 Å². The number of carbonyl (C=O) groups excluding carboxylic acids is 2. The Kier molecular flexibility index (Phi) is 5.78. The molecule has 9 nitrogen and oxygen atoms in total. The van der Waals surface area contributed by atoms with Crippen LogP contribution in [0.5, 0.6) is 0 Å². The monoisotopic (exact) mass is 400 g/mol. The number of benzene rings is 1. The number of carbonyl (C=O) groups is 2. The van der Waals surface area contributed by atoms with Crippen LogP contribution >= 0.6 is 11.8 Å². The van der Waals surface area contributed by atoms with E-state index < -0.39 is 0 Å². The van der Waals surface area contributed by atoms with Gasteiger partial charge in [0.15, 0.2) is 5.16 Å².